The summed E-state index contributed by atoms with van der Waals surface area (Å²) in [6, 6.07) is 0. The van der Waals surface area contributed by atoms with Crippen molar-refractivity contribution in [3.63, 3.8) is 0 Å². The number of hydrogen-bond donors (Lipinski definition) is 1. The second kappa shape index (κ2) is 5.58. The van der Waals surface area contributed by atoms with E-state index >= 15 is 0 Å². The summed E-state index contributed by atoms with van der Waals surface area (Å²) in [5, 5.41) is 0. The molecule has 0 aliphatic heterocycles. The van der Waals surface area contributed by atoms with Crippen LogP contribution < -0.4 is 0 Å². The molecule has 0 aliphatic rings. The molecule has 0 atom stereocenters. The van der Waals surface area contributed by atoms with Crippen LogP contribution >= 0.6 is 0 Å². The van der Waals surface area contributed by atoms with Gasteiger partial charge >= 0.3 is 23.9 Å². The van der Waals surface area contributed by atoms with Gasteiger partial charge in [-0.3, -0.25) is 4.55 Å². The van der Waals surface area contributed by atoms with E-state index in [1.54, 1.807) is 0 Å². The first-order valence-electron chi connectivity index (χ1n) is 0.924. The summed E-state index contributed by atoms with van der Waals surface area (Å²) in [4.78, 5) is 0. The van der Waals surface area contributed by atoms with E-state index in [4.69, 9.17) is 4.55 Å². The van der Waals surface area contributed by atoms with E-state index in [0.717, 1.165) is 0 Å². The molecule has 0 spiro atoms. The molecule has 1 N–H and O–H groups in total. The first-order valence-corrected chi connectivity index (χ1v) is 2.77. The van der Waals surface area contributed by atoms with Crippen LogP contribution in [0.5, 0.6) is 0 Å². The fourth-order valence-electron chi connectivity index (χ4n) is 0. The van der Waals surface area contributed by atoms with Crippen molar-refractivity contribution in [3.8, 4) is 0 Å². The van der Waals surface area contributed by atoms with Crippen molar-refractivity contribution in [2.24, 2.45) is 0 Å². The SMILES string of the molecule is CS(=O)(=O)O.[Ag].[SnH2]. The molecule has 0 fully saturated rings. The molecule has 0 aromatic heterocycles. The van der Waals surface area contributed by atoms with Crippen molar-refractivity contribution < 1.29 is 35.4 Å². The van der Waals surface area contributed by atoms with Crippen molar-refractivity contribution in [2.45, 2.75) is 0 Å². The minimum absolute atomic E-state index is 0. The van der Waals surface area contributed by atoms with Crippen LogP contribution in [0.3, 0.4) is 0 Å². The van der Waals surface area contributed by atoms with Gasteiger partial charge in [0.15, 0.2) is 0 Å². The molecule has 3 radical (unpaired) electrons. The molecule has 0 heterocycles. The molecule has 6 heteroatoms. The van der Waals surface area contributed by atoms with Gasteiger partial charge in [0.2, 0.25) is 0 Å². The van der Waals surface area contributed by atoms with E-state index in [1.807, 2.05) is 0 Å². The van der Waals surface area contributed by atoms with Crippen molar-refractivity contribution in [2.75, 3.05) is 6.26 Å². The van der Waals surface area contributed by atoms with Gasteiger partial charge in [0.25, 0.3) is 10.1 Å². The fourth-order valence-corrected chi connectivity index (χ4v) is 0. The first-order chi connectivity index (χ1) is 2.00. The predicted molar refractivity (Wildman–Crippen MR) is 26.0 cm³/mol. The Kier molecular flexibility index (Phi) is 12.6. The van der Waals surface area contributed by atoms with E-state index < -0.39 is 10.1 Å². The molecule has 0 unspecified atom stereocenters. The van der Waals surface area contributed by atoms with Crippen LogP contribution in [0.2, 0.25) is 0 Å². The Morgan fingerprint density at radius 3 is 1.43 bits per heavy atom. The van der Waals surface area contributed by atoms with E-state index in [0.29, 0.717) is 6.26 Å². The van der Waals surface area contributed by atoms with Crippen LogP contribution in [-0.4, -0.2) is 43.1 Å². The first kappa shape index (κ1) is 15.8. The van der Waals surface area contributed by atoms with Crippen molar-refractivity contribution in [3.05, 3.63) is 0 Å². The molecule has 49 valence electrons. The minimum atomic E-state index is -3.67. The molecule has 0 rings (SSSR count). The molecule has 3 nitrogen and oxygen atoms in total. The Bertz CT molecular complexity index is 98.1. The second-order valence-electron chi connectivity index (χ2n) is 0.733. The molecule has 0 amide bonds. The fraction of sp³-hybridized carbons (Fsp3) is 1.00. The summed E-state index contributed by atoms with van der Waals surface area (Å²) < 4.78 is 25.9. The van der Waals surface area contributed by atoms with Crippen LogP contribution in [0, 0.1) is 0 Å². The third-order valence-electron chi connectivity index (χ3n) is 0. The van der Waals surface area contributed by atoms with Gasteiger partial charge in [-0.05, 0) is 0 Å². The normalized spacial score (nSPS) is 8.29. The van der Waals surface area contributed by atoms with Gasteiger partial charge in [-0.15, -0.1) is 0 Å². The van der Waals surface area contributed by atoms with Crippen molar-refractivity contribution in [1.82, 2.24) is 0 Å². The van der Waals surface area contributed by atoms with Gasteiger partial charge in [0, 0.05) is 22.4 Å². The Morgan fingerprint density at radius 1 is 1.43 bits per heavy atom. The molecule has 7 heavy (non-hydrogen) atoms. The van der Waals surface area contributed by atoms with Gasteiger partial charge in [-0.25, -0.2) is 0 Å². The quantitative estimate of drug-likeness (QED) is 0.440. The van der Waals surface area contributed by atoms with E-state index in [1.165, 1.54) is 0 Å². The third-order valence-corrected chi connectivity index (χ3v) is 0. The zero-order chi connectivity index (χ0) is 4.50. The van der Waals surface area contributed by atoms with Crippen LogP contribution in [0.15, 0.2) is 0 Å². The average molecular weight is 325 g/mol. The van der Waals surface area contributed by atoms with Crippen LogP contribution in [0.1, 0.15) is 0 Å². The second-order valence-corrected chi connectivity index (χ2v) is 2.20. The van der Waals surface area contributed by atoms with E-state index in [2.05, 4.69) is 0 Å². The maximum atomic E-state index is 9.19. The van der Waals surface area contributed by atoms with Crippen LogP contribution in [-0.2, 0) is 32.5 Å². The Labute approximate surface area is 75.1 Å². The monoisotopic (exact) mass is 325 g/mol. The number of hydrogen-bond acceptors (Lipinski definition) is 2. The molecule has 0 aliphatic carbocycles. The molecule has 0 bridgehead atoms. The number of rotatable bonds is 0. The maximum absolute atomic E-state index is 9.19. The van der Waals surface area contributed by atoms with Gasteiger partial charge in [0.05, 0.1) is 6.26 Å². The topological polar surface area (TPSA) is 54.4 Å². The van der Waals surface area contributed by atoms with Gasteiger partial charge in [-0.2, -0.15) is 8.42 Å². The van der Waals surface area contributed by atoms with Crippen LogP contribution in [0.25, 0.3) is 0 Å². The summed E-state index contributed by atoms with van der Waals surface area (Å²) in [6.07, 6.45) is 0.715. The van der Waals surface area contributed by atoms with Gasteiger partial charge < -0.3 is 0 Å². The van der Waals surface area contributed by atoms with Crippen LogP contribution in [0.4, 0.5) is 0 Å². The molecule has 0 aromatic rings. The van der Waals surface area contributed by atoms with E-state index in [9.17, 15) is 8.42 Å². The van der Waals surface area contributed by atoms with Gasteiger partial charge in [0.1, 0.15) is 0 Å². The molecular weight excluding hydrogens is 319 g/mol. The van der Waals surface area contributed by atoms with E-state index in [-0.39, 0.29) is 46.3 Å². The average Bonchev–Trinajstić information content (AvgIpc) is 0.722. The third kappa shape index (κ3) is 105. The molecule has 0 aromatic carbocycles. The zero-order valence-electron chi connectivity index (χ0n) is 3.68. The summed E-state index contributed by atoms with van der Waals surface area (Å²) in [7, 11) is -3.67. The van der Waals surface area contributed by atoms with Crippen molar-refractivity contribution in [1.29, 1.82) is 0 Å². The summed E-state index contributed by atoms with van der Waals surface area (Å²) in [5.74, 6) is 0. The predicted octanol–water partition coefficient (Wildman–Crippen LogP) is -1.41. The molecule has 0 saturated heterocycles. The van der Waals surface area contributed by atoms with Crippen molar-refractivity contribution >= 4 is 34.0 Å². The summed E-state index contributed by atoms with van der Waals surface area (Å²) in [5.41, 5.74) is 0. The molecular formula is CH6AgO3SSn. The summed E-state index contributed by atoms with van der Waals surface area (Å²) >= 11 is 0. The summed E-state index contributed by atoms with van der Waals surface area (Å²) in [6.45, 7) is 0. The Hall–Kier alpha value is 1.45. The Balaban J connectivity index is -0.0000000800. The molecule has 0 saturated carbocycles. The Morgan fingerprint density at radius 2 is 1.43 bits per heavy atom. The standard InChI is InChI=1S/CH4O3S.Ag.Sn.2H/c1-5(2,3)4;;;;/h1H3,(H,2,3,4);;;;. The zero-order valence-corrected chi connectivity index (χ0v) is 10.0. The van der Waals surface area contributed by atoms with Gasteiger partial charge in [-0.1, -0.05) is 0 Å².